The van der Waals surface area contributed by atoms with E-state index in [-0.39, 0.29) is 18.8 Å². The highest BCUT2D eigenvalue weighted by atomic mass is 32.2. The van der Waals surface area contributed by atoms with E-state index in [0.717, 1.165) is 18.4 Å². The van der Waals surface area contributed by atoms with Crippen molar-refractivity contribution in [3.8, 4) is 5.75 Å². The molecule has 1 aromatic carbocycles. The Labute approximate surface area is 128 Å². The van der Waals surface area contributed by atoms with Crippen LogP contribution in [0.2, 0.25) is 0 Å². The van der Waals surface area contributed by atoms with Gasteiger partial charge in [-0.05, 0) is 18.6 Å². The predicted octanol–water partition coefficient (Wildman–Crippen LogP) is 0.741. The van der Waals surface area contributed by atoms with Gasteiger partial charge in [0.25, 0.3) is 5.91 Å². The molecular formula is C13H18F2N2O4S. The average Bonchev–Trinajstić information content (AvgIpc) is 2.41. The van der Waals surface area contributed by atoms with E-state index < -0.39 is 34.2 Å². The minimum absolute atomic E-state index is 0.214. The second kappa shape index (κ2) is 8.04. The van der Waals surface area contributed by atoms with Gasteiger partial charge in [-0.3, -0.25) is 4.79 Å². The zero-order valence-corrected chi connectivity index (χ0v) is 13.1. The topological polar surface area (TPSA) is 75.7 Å². The molecule has 0 aliphatic carbocycles. The van der Waals surface area contributed by atoms with Gasteiger partial charge in [-0.2, -0.15) is 0 Å². The van der Waals surface area contributed by atoms with E-state index in [9.17, 15) is 22.0 Å². The molecule has 0 saturated heterocycles. The molecule has 6 nitrogen and oxygen atoms in total. The highest BCUT2D eigenvalue weighted by molar-refractivity contribution is 7.88. The molecule has 0 radical (unpaired) electrons. The highest BCUT2D eigenvalue weighted by Gasteiger charge is 2.11. The van der Waals surface area contributed by atoms with E-state index in [1.165, 1.54) is 11.4 Å². The van der Waals surface area contributed by atoms with Gasteiger partial charge in [-0.15, -0.1) is 0 Å². The molecule has 1 amide bonds. The number of hydrogen-bond donors (Lipinski definition) is 1. The Morgan fingerprint density at radius 1 is 1.36 bits per heavy atom. The first kappa shape index (κ1) is 18.3. The van der Waals surface area contributed by atoms with Crippen LogP contribution in [0.4, 0.5) is 8.78 Å². The third-order valence-electron chi connectivity index (χ3n) is 2.79. The number of halogens is 2. The third kappa shape index (κ3) is 6.35. The van der Waals surface area contributed by atoms with Gasteiger partial charge < -0.3 is 10.1 Å². The lowest BCUT2D eigenvalue weighted by molar-refractivity contribution is -0.123. The maximum atomic E-state index is 13.2. The Bertz CT molecular complexity index is 622. The zero-order valence-electron chi connectivity index (χ0n) is 12.3. The summed E-state index contributed by atoms with van der Waals surface area (Å²) in [6.07, 6.45) is 1.52. The van der Waals surface area contributed by atoms with E-state index in [0.29, 0.717) is 12.5 Å². The smallest absolute Gasteiger partial charge is 0.257 e. The number of amides is 1. The van der Waals surface area contributed by atoms with E-state index in [1.54, 1.807) is 0 Å². The lowest BCUT2D eigenvalue weighted by Gasteiger charge is -2.14. The second-order valence-corrected chi connectivity index (χ2v) is 6.74. The molecule has 0 spiro atoms. The van der Waals surface area contributed by atoms with Gasteiger partial charge in [-0.25, -0.2) is 21.5 Å². The largest absolute Gasteiger partial charge is 0.481 e. The molecule has 9 heteroatoms. The summed E-state index contributed by atoms with van der Waals surface area (Å²) in [5.74, 6) is -2.31. The van der Waals surface area contributed by atoms with Crippen LogP contribution in [0.15, 0.2) is 18.2 Å². The summed E-state index contributed by atoms with van der Waals surface area (Å²) in [4.78, 5) is 11.5. The third-order valence-corrected chi connectivity index (χ3v) is 4.11. The van der Waals surface area contributed by atoms with Gasteiger partial charge in [0.1, 0.15) is 5.82 Å². The Morgan fingerprint density at radius 2 is 2.05 bits per heavy atom. The molecule has 0 saturated carbocycles. The minimum Gasteiger partial charge on any atom is -0.481 e. The van der Waals surface area contributed by atoms with Crippen molar-refractivity contribution in [2.75, 3.05) is 33.0 Å². The number of ether oxygens (including phenoxy) is 1. The van der Waals surface area contributed by atoms with Gasteiger partial charge in [0.2, 0.25) is 10.0 Å². The first-order chi connectivity index (χ1) is 10.2. The van der Waals surface area contributed by atoms with Gasteiger partial charge in [0.15, 0.2) is 18.2 Å². The maximum absolute atomic E-state index is 13.2. The van der Waals surface area contributed by atoms with Crippen LogP contribution in [0, 0.1) is 11.6 Å². The van der Waals surface area contributed by atoms with Crippen molar-refractivity contribution in [2.45, 2.75) is 6.42 Å². The number of carbonyl (C=O) groups excluding carboxylic acids is 1. The number of nitrogens with one attached hydrogen (secondary N) is 1. The Hall–Kier alpha value is -1.74. The molecule has 0 aliphatic heterocycles. The molecular weight excluding hydrogens is 318 g/mol. The number of benzene rings is 1. The highest BCUT2D eigenvalue weighted by Crippen LogP contribution is 2.17. The number of rotatable bonds is 8. The van der Waals surface area contributed by atoms with Crippen molar-refractivity contribution < 1.29 is 26.7 Å². The number of carbonyl (C=O) groups is 1. The minimum atomic E-state index is -3.23. The van der Waals surface area contributed by atoms with E-state index in [2.05, 4.69) is 5.32 Å². The molecule has 0 aromatic heterocycles. The summed E-state index contributed by atoms with van der Waals surface area (Å²) in [5.41, 5.74) is 0. The van der Waals surface area contributed by atoms with Crippen molar-refractivity contribution >= 4 is 15.9 Å². The van der Waals surface area contributed by atoms with Crippen molar-refractivity contribution in [3.63, 3.8) is 0 Å². The summed E-state index contributed by atoms with van der Waals surface area (Å²) in [6.45, 7) is 0.116. The molecule has 0 heterocycles. The molecule has 0 unspecified atom stereocenters. The van der Waals surface area contributed by atoms with Crippen molar-refractivity contribution in [1.82, 2.24) is 9.62 Å². The summed E-state index contributed by atoms with van der Waals surface area (Å²) >= 11 is 0. The van der Waals surface area contributed by atoms with Gasteiger partial charge in [0, 0.05) is 26.2 Å². The molecule has 124 valence electrons. The van der Waals surface area contributed by atoms with Crippen LogP contribution in [-0.4, -0.2) is 51.6 Å². The van der Waals surface area contributed by atoms with Crippen molar-refractivity contribution in [2.24, 2.45) is 0 Å². The summed E-state index contributed by atoms with van der Waals surface area (Å²) in [7, 11) is -1.79. The van der Waals surface area contributed by atoms with Gasteiger partial charge >= 0.3 is 0 Å². The second-order valence-electron chi connectivity index (χ2n) is 4.65. The van der Waals surface area contributed by atoms with Crippen LogP contribution < -0.4 is 10.1 Å². The summed E-state index contributed by atoms with van der Waals surface area (Å²) < 4.78 is 54.3. The fourth-order valence-electron chi connectivity index (χ4n) is 1.48. The molecule has 0 fully saturated rings. The van der Waals surface area contributed by atoms with Gasteiger partial charge in [0.05, 0.1) is 6.26 Å². The summed E-state index contributed by atoms with van der Waals surface area (Å²) in [6, 6.07) is 2.78. The standard InChI is InChI=1S/C13H18F2N2O4S/c1-17(22(2,19)20)7-3-6-16-13(18)9-21-12-5-4-10(14)8-11(12)15/h4-5,8H,3,6-7,9H2,1-2H3,(H,16,18). The average molecular weight is 336 g/mol. The quantitative estimate of drug-likeness (QED) is 0.711. The van der Waals surface area contributed by atoms with Crippen LogP contribution in [0.3, 0.4) is 0 Å². The first-order valence-corrected chi connectivity index (χ1v) is 8.31. The summed E-state index contributed by atoms with van der Waals surface area (Å²) in [5, 5.41) is 2.51. The SMILES string of the molecule is CN(CCCNC(=O)COc1ccc(F)cc1F)S(C)(=O)=O. The normalized spacial score (nSPS) is 11.5. The lowest BCUT2D eigenvalue weighted by Crippen LogP contribution is -2.33. The zero-order chi connectivity index (χ0) is 16.8. The Morgan fingerprint density at radius 3 is 2.64 bits per heavy atom. The number of hydrogen-bond acceptors (Lipinski definition) is 4. The molecule has 1 N–H and O–H groups in total. The molecule has 0 bridgehead atoms. The molecule has 22 heavy (non-hydrogen) atoms. The number of sulfonamides is 1. The van der Waals surface area contributed by atoms with E-state index in [1.807, 2.05) is 0 Å². The van der Waals surface area contributed by atoms with Crippen molar-refractivity contribution in [1.29, 1.82) is 0 Å². The van der Waals surface area contributed by atoms with E-state index >= 15 is 0 Å². The molecule has 1 rings (SSSR count). The monoisotopic (exact) mass is 336 g/mol. The van der Waals surface area contributed by atoms with Gasteiger partial charge in [-0.1, -0.05) is 0 Å². The molecule has 0 aliphatic rings. The van der Waals surface area contributed by atoms with Crippen molar-refractivity contribution in [3.05, 3.63) is 29.8 Å². The molecule has 1 aromatic rings. The molecule has 0 atom stereocenters. The number of nitrogens with zero attached hydrogens (tertiary/aromatic N) is 1. The fourth-order valence-corrected chi connectivity index (χ4v) is 1.94. The van der Waals surface area contributed by atoms with Crippen LogP contribution in [0.5, 0.6) is 5.75 Å². The van der Waals surface area contributed by atoms with Crippen LogP contribution in [-0.2, 0) is 14.8 Å². The Balaban J connectivity index is 2.27. The predicted molar refractivity (Wildman–Crippen MR) is 77.0 cm³/mol. The first-order valence-electron chi connectivity index (χ1n) is 6.46. The maximum Gasteiger partial charge on any atom is 0.257 e. The van der Waals surface area contributed by atoms with E-state index in [4.69, 9.17) is 4.74 Å². The van der Waals surface area contributed by atoms with Crippen LogP contribution in [0.25, 0.3) is 0 Å². The lowest BCUT2D eigenvalue weighted by atomic mass is 10.3. The Kier molecular flexibility index (Phi) is 6.69. The van der Waals surface area contributed by atoms with Crippen LogP contribution >= 0.6 is 0 Å². The fraction of sp³-hybridized carbons (Fsp3) is 0.462. The van der Waals surface area contributed by atoms with Crippen LogP contribution in [0.1, 0.15) is 6.42 Å².